The number of nitrogens with one attached hydrogen (secondary N) is 1. The Labute approximate surface area is 106 Å². The maximum absolute atomic E-state index is 5.80. The summed E-state index contributed by atoms with van der Waals surface area (Å²) >= 11 is 5.69. The van der Waals surface area contributed by atoms with Crippen LogP contribution in [0.2, 0.25) is 5.15 Å². The second-order valence-corrected chi connectivity index (χ2v) is 4.99. The van der Waals surface area contributed by atoms with Crippen molar-refractivity contribution in [2.75, 3.05) is 37.7 Å². The number of halogens is 1. The van der Waals surface area contributed by atoms with Crippen LogP contribution >= 0.6 is 11.6 Å². The fourth-order valence-corrected chi connectivity index (χ4v) is 2.18. The minimum Gasteiger partial charge on any atom is -0.396 e. The Bertz CT molecular complexity index is 376. The molecule has 1 aliphatic heterocycles. The van der Waals surface area contributed by atoms with Gasteiger partial charge in [-0.2, -0.15) is 0 Å². The summed E-state index contributed by atoms with van der Waals surface area (Å²) in [4.78, 5) is 2.35. The topological polar surface area (TPSA) is 67.1 Å². The van der Waals surface area contributed by atoms with Crippen LogP contribution in [-0.4, -0.2) is 41.8 Å². The van der Waals surface area contributed by atoms with Crippen LogP contribution in [0.1, 0.15) is 12.8 Å². The van der Waals surface area contributed by atoms with Gasteiger partial charge < -0.3 is 16.0 Å². The zero-order valence-electron chi connectivity index (χ0n) is 9.99. The van der Waals surface area contributed by atoms with E-state index in [-0.39, 0.29) is 0 Å². The van der Waals surface area contributed by atoms with Gasteiger partial charge in [-0.1, -0.05) is 11.6 Å². The van der Waals surface area contributed by atoms with Crippen molar-refractivity contribution in [1.82, 2.24) is 15.1 Å². The Morgan fingerprint density at radius 2 is 2.18 bits per heavy atom. The average molecular weight is 256 g/mol. The second kappa shape index (κ2) is 5.51. The maximum atomic E-state index is 5.80. The Kier molecular flexibility index (Phi) is 4.02. The number of rotatable bonds is 3. The molecule has 1 fully saturated rings. The molecular weight excluding hydrogens is 238 g/mol. The molecular formula is C11H18ClN5. The Morgan fingerprint density at radius 3 is 2.82 bits per heavy atom. The largest absolute Gasteiger partial charge is 0.396 e. The molecule has 2 heterocycles. The van der Waals surface area contributed by atoms with Crippen molar-refractivity contribution in [3.05, 3.63) is 11.2 Å². The van der Waals surface area contributed by atoms with Crippen molar-refractivity contribution in [3.8, 4) is 0 Å². The molecule has 17 heavy (non-hydrogen) atoms. The zero-order chi connectivity index (χ0) is 12.3. The summed E-state index contributed by atoms with van der Waals surface area (Å²) < 4.78 is 0. The predicted octanol–water partition coefficient (Wildman–Crippen LogP) is 1.47. The number of piperidine rings is 1. The van der Waals surface area contributed by atoms with Gasteiger partial charge in [-0.05, 0) is 38.9 Å². The lowest BCUT2D eigenvalue weighted by molar-refractivity contribution is 0.226. The van der Waals surface area contributed by atoms with Crippen molar-refractivity contribution in [2.24, 2.45) is 5.92 Å². The molecule has 0 amide bonds. The number of likely N-dealkylation sites (tertiary alicyclic amines) is 1. The highest BCUT2D eigenvalue weighted by Crippen LogP contribution is 2.20. The number of aromatic nitrogens is 2. The summed E-state index contributed by atoms with van der Waals surface area (Å²) in [7, 11) is 2.16. The van der Waals surface area contributed by atoms with Gasteiger partial charge in [0, 0.05) is 12.6 Å². The van der Waals surface area contributed by atoms with Gasteiger partial charge in [0.25, 0.3) is 0 Å². The molecule has 6 heteroatoms. The summed E-state index contributed by atoms with van der Waals surface area (Å²) in [5.74, 6) is 1.32. The third-order valence-corrected chi connectivity index (χ3v) is 3.37. The number of nitrogen functional groups attached to an aromatic ring is 1. The third kappa shape index (κ3) is 3.44. The first-order valence-corrected chi connectivity index (χ1v) is 6.24. The van der Waals surface area contributed by atoms with E-state index in [4.69, 9.17) is 17.3 Å². The quantitative estimate of drug-likeness (QED) is 0.856. The first-order valence-electron chi connectivity index (χ1n) is 5.86. The van der Waals surface area contributed by atoms with Crippen LogP contribution in [0.4, 0.5) is 11.5 Å². The van der Waals surface area contributed by atoms with Crippen LogP contribution in [0.5, 0.6) is 0 Å². The van der Waals surface area contributed by atoms with Gasteiger partial charge in [-0.3, -0.25) is 0 Å². The molecule has 0 aliphatic carbocycles. The van der Waals surface area contributed by atoms with E-state index in [9.17, 15) is 0 Å². The highest BCUT2D eigenvalue weighted by Gasteiger charge is 2.16. The van der Waals surface area contributed by atoms with Crippen LogP contribution in [0.15, 0.2) is 6.07 Å². The van der Waals surface area contributed by atoms with Crippen LogP contribution in [-0.2, 0) is 0 Å². The second-order valence-electron chi connectivity index (χ2n) is 4.60. The fraction of sp³-hybridized carbons (Fsp3) is 0.636. The Balaban J connectivity index is 1.85. The van der Waals surface area contributed by atoms with E-state index in [0.29, 0.717) is 22.6 Å². The average Bonchev–Trinajstić information content (AvgIpc) is 2.30. The summed E-state index contributed by atoms with van der Waals surface area (Å²) in [6.07, 6.45) is 2.43. The molecule has 0 spiro atoms. The molecule has 1 aliphatic rings. The van der Waals surface area contributed by atoms with Crippen LogP contribution in [0.25, 0.3) is 0 Å². The van der Waals surface area contributed by atoms with E-state index in [2.05, 4.69) is 27.5 Å². The van der Waals surface area contributed by atoms with Gasteiger partial charge in [-0.15, -0.1) is 10.2 Å². The van der Waals surface area contributed by atoms with E-state index in [1.165, 1.54) is 12.8 Å². The summed E-state index contributed by atoms with van der Waals surface area (Å²) in [6.45, 7) is 3.22. The van der Waals surface area contributed by atoms with E-state index in [1.807, 2.05) is 0 Å². The highest BCUT2D eigenvalue weighted by molar-refractivity contribution is 6.29. The van der Waals surface area contributed by atoms with Gasteiger partial charge in [0.05, 0.1) is 5.69 Å². The number of nitrogens with two attached hydrogens (primary N) is 1. The van der Waals surface area contributed by atoms with Crippen molar-refractivity contribution in [1.29, 1.82) is 0 Å². The SMILES string of the molecule is CN1CCC(CNc2nnc(Cl)cc2N)CC1. The van der Waals surface area contributed by atoms with E-state index in [0.717, 1.165) is 19.6 Å². The van der Waals surface area contributed by atoms with Gasteiger partial charge in [0.2, 0.25) is 0 Å². The highest BCUT2D eigenvalue weighted by atomic mass is 35.5. The van der Waals surface area contributed by atoms with Crippen LogP contribution < -0.4 is 11.1 Å². The van der Waals surface area contributed by atoms with Crippen molar-refractivity contribution >= 4 is 23.1 Å². The van der Waals surface area contributed by atoms with E-state index in [1.54, 1.807) is 6.07 Å². The lowest BCUT2D eigenvalue weighted by atomic mass is 9.97. The third-order valence-electron chi connectivity index (χ3n) is 3.19. The fourth-order valence-electron chi connectivity index (χ4n) is 2.03. The molecule has 2 rings (SSSR count). The Hall–Kier alpha value is -1.07. The van der Waals surface area contributed by atoms with Gasteiger partial charge in [0.15, 0.2) is 11.0 Å². The molecule has 0 bridgehead atoms. The molecule has 0 saturated carbocycles. The first kappa shape index (κ1) is 12.4. The van der Waals surface area contributed by atoms with Gasteiger partial charge in [-0.25, -0.2) is 0 Å². The molecule has 0 unspecified atom stereocenters. The van der Waals surface area contributed by atoms with Crippen molar-refractivity contribution < 1.29 is 0 Å². The number of hydrogen-bond acceptors (Lipinski definition) is 5. The summed E-state index contributed by atoms with van der Waals surface area (Å²) in [5.41, 5.74) is 6.36. The van der Waals surface area contributed by atoms with Crippen molar-refractivity contribution in [3.63, 3.8) is 0 Å². The summed E-state index contributed by atoms with van der Waals surface area (Å²) in [6, 6.07) is 1.62. The standard InChI is InChI=1S/C11H18ClN5/c1-17-4-2-8(3-5-17)7-14-11-9(13)6-10(12)15-16-11/h6,8H,2-5,7H2,1H3,(H2,13,15)(H,14,16). The normalized spacial score (nSPS) is 18.2. The number of nitrogens with zero attached hydrogens (tertiary/aromatic N) is 3. The molecule has 3 N–H and O–H groups in total. The van der Waals surface area contributed by atoms with E-state index >= 15 is 0 Å². The van der Waals surface area contributed by atoms with Crippen LogP contribution in [0, 0.1) is 5.92 Å². The molecule has 1 aromatic rings. The molecule has 94 valence electrons. The first-order chi connectivity index (χ1) is 8.15. The maximum Gasteiger partial charge on any atom is 0.172 e. The predicted molar refractivity (Wildman–Crippen MR) is 70.2 cm³/mol. The van der Waals surface area contributed by atoms with E-state index < -0.39 is 0 Å². The van der Waals surface area contributed by atoms with Crippen LogP contribution in [0.3, 0.4) is 0 Å². The Morgan fingerprint density at radius 1 is 1.47 bits per heavy atom. The molecule has 0 atom stereocenters. The minimum absolute atomic E-state index is 0.326. The number of anilines is 2. The molecule has 5 nitrogen and oxygen atoms in total. The summed E-state index contributed by atoms with van der Waals surface area (Å²) in [5, 5.41) is 11.3. The van der Waals surface area contributed by atoms with Gasteiger partial charge >= 0.3 is 0 Å². The molecule has 1 aromatic heterocycles. The lowest BCUT2D eigenvalue weighted by Gasteiger charge is -2.29. The number of hydrogen-bond donors (Lipinski definition) is 2. The lowest BCUT2D eigenvalue weighted by Crippen LogP contribution is -2.33. The molecule has 0 aromatic carbocycles. The zero-order valence-corrected chi connectivity index (χ0v) is 10.7. The van der Waals surface area contributed by atoms with Gasteiger partial charge in [0.1, 0.15) is 0 Å². The minimum atomic E-state index is 0.326. The van der Waals surface area contributed by atoms with Crippen molar-refractivity contribution in [2.45, 2.75) is 12.8 Å². The monoisotopic (exact) mass is 255 g/mol. The molecule has 1 saturated heterocycles. The smallest absolute Gasteiger partial charge is 0.172 e. The molecule has 0 radical (unpaired) electrons.